The minimum absolute atomic E-state index is 0.328. The van der Waals surface area contributed by atoms with E-state index < -0.39 is 42.4 Å². The van der Waals surface area contributed by atoms with Gasteiger partial charge in [-0.15, -0.1) is 0 Å². The van der Waals surface area contributed by atoms with Crippen LogP contribution in [0.2, 0.25) is 0 Å². The second-order valence-corrected chi connectivity index (χ2v) is 5.17. The molecule has 0 saturated heterocycles. The van der Waals surface area contributed by atoms with Gasteiger partial charge in [0.1, 0.15) is 13.1 Å². The predicted octanol–water partition coefficient (Wildman–Crippen LogP) is -1.52. The average Bonchev–Trinajstić information content (AvgIpc) is 2.21. The highest BCUT2D eigenvalue weighted by Gasteiger charge is 2.20. The van der Waals surface area contributed by atoms with Crippen LogP contribution in [0.15, 0.2) is 0 Å². The van der Waals surface area contributed by atoms with Crippen molar-refractivity contribution in [3.8, 4) is 0 Å². The minimum Gasteiger partial charge on any atom is -0.480 e. The van der Waals surface area contributed by atoms with Crippen LogP contribution in [-0.2, 0) is 14.4 Å². The van der Waals surface area contributed by atoms with E-state index in [2.05, 4.69) is 10.6 Å². The summed E-state index contributed by atoms with van der Waals surface area (Å²) in [5.41, 5.74) is 4.46. The Labute approximate surface area is 116 Å². The summed E-state index contributed by atoms with van der Waals surface area (Å²) >= 11 is 0. The first-order chi connectivity index (χ1) is 9.01. The summed E-state index contributed by atoms with van der Waals surface area (Å²) < 4.78 is 0. The molecule has 0 saturated carbocycles. The zero-order valence-electron chi connectivity index (χ0n) is 11.7. The standard InChI is InChI=1S/C11H20N4O5/c1-11(2,3)14-8(17)4-13-10(20)15(5-7(12)16)6-9(18)19/h4-6H2,1-3H3,(H2,12,16)(H,13,20)(H,14,17)(H,18,19). The smallest absolute Gasteiger partial charge is 0.323 e. The second kappa shape index (κ2) is 7.31. The quantitative estimate of drug-likeness (QED) is 0.469. The van der Waals surface area contributed by atoms with E-state index in [0.29, 0.717) is 4.90 Å². The fourth-order valence-corrected chi connectivity index (χ4v) is 1.28. The molecule has 0 aliphatic rings. The van der Waals surface area contributed by atoms with Crippen molar-refractivity contribution in [3.63, 3.8) is 0 Å². The van der Waals surface area contributed by atoms with Crippen LogP contribution in [0.25, 0.3) is 0 Å². The van der Waals surface area contributed by atoms with E-state index in [1.807, 2.05) is 0 Å². The lowest BCUT2D eigenvalue weighted by molar-refractivity contribution is -0.137. The highest BCUT2D eigenvalue weighted by molar-refractivity contribution is 5.88. The Morgan fingerprint density at radius 3 is 2.10 bits per heavy atom. The number of hydrogen-bond acceptors (Lipinski definition) is 4. The lowest BCUT2D eigenvalue weighted by Gasteiger charge is -2.22. The molecule has 0 fully saturated rings. The Kier molecular flexibility index (Phi) is 6.47. The molecule has 114 valence electrons. The van der Waals surface area contributed by atoms with Crippen LogP contribution in [-0.4, -0.2) is 59.0 Å². The molecule has 0 aromatic carbocycles. The number of nitrogens with zero attached hydrogens (tertiary/aromatic N) is 1. The van der Waals surface area contributed by atoms with Gasteiger partial charge in [0.15, 0.2) is 0 Å². The maximum Gasteiger partial charge on any atom is 0.323 e. The summed E-state index contributed by atoms with van der Waals surface area (Å²) in [7, 11) is 0. The van der Waals surface area contributed by atoms with Gasteiger partial charge in [0.2, 0.25) is 11.8 Å². The fourth-order valence-electron chi connectivity index (χ4n) is 1.28. The van der Waals surface area contributed by atoms with Crippen molar-refractivity contribution in [2.75, 3.05) is 19.6 Å². The van der Waals surface area contributed by atoms with Gasteiger partial charge in [-0.1, -0.05) is 0 Å². The van der Waals surface area contributed by atoms with Gasteiger partial charge in [0.25, 0.3) is 0 Å². The number of primary amides is 1. The maximum atomic E-state index is 11.6. The lowest BCUT2D eigenvalue weighted by atomic mass is 10.1. The maximum absolute atomic E-state index is 11.6. The molecule has 0 rings (SSSR count). The number of nitrogens with two attached hydrogens (primary N) is 1. The Bertz CT molecular complexity index is 386. The Hall–Kier alpha value is -2.32. The number of carboxylic acids is 1. The van der Waals surface area contributed by atoms with Crippen molar-refractivity contribution in [1.29, 1.82) is 0 Å². The molecule has 0 aliphatic carbocycles. The molecule has 0 heterocycles. The topological polar surface area (TPSA) is 142 Å². The van der Waals surface area contributed by atoms with Crippen molar-refractivity contribution in [1.82, 2.24) is 15.5 Å². The molecular formula is C11H20N4O5. The summed E-state index contributed by atoms with van der Waals surface area (Å²) in [5.74, 6) is -2.57. The monoisotopic (exact) mass is 288 g/mol. The first-order valence-electron chi connectivity index (χ1n) is 5.85. The summed E-state index contributed by atoms with van der Waals surface area (Å²) in [6.45, 7) is 3.77. The normalized spacial score (nSPS) is 10.6. The molecule has 0 bridgehead atoms. The van der Waals surface area contributed by atoms with Crippen molar-refractivity contribution < 1.29 is 24.3 Å². The van der Waals surface area contributed by atoms with Crippen molar-refractivity contribution in [3.05, 3.63) is 0 Å². The SMILES string of the molecule is CC(C)(C)NC(=O)CNC(=O)N(CC(N)=O)CC(=O)O. The van der Waals surface area contributed by atoms with Crippen LogP contribution in [0, 0.1) is 0 Å². The molecule has 9 nitrogen and oxygen atoms in total. The highest BCUT2D eigenvalue weighted by atomic mass is 16.4. The molecule has 0 spiro atoms. The van der Waals surface area contributed by atoms with Gasteiger partial charge in [-0.3, -0.25) is 14.4 Å². The van der Waals surface area contributed by atoms with Gasteiger partial charge < -0.3 is 26.4 Å². The van der Waals surface area contributed by atoms with E-state index in [1.165, 1.54) is 0 Å². The van der Waals surface area contributed by atoms with Crippen molar-refractivity contribution in [2.45, 2.75) is 26.3 Å². The molecule has 0 aromatic heterocycles. The first-order valence-corrected chi connectivity index (χ1v) is 5.85. The predicted molar refractivity (Wildman–Crippen MR) is 69.7 cm³/mol. The average molecular weight is 288 g/mol. The van der Waals surface area contributed by atoms with Gasteiger partial charge >= 0.3 is 12.0 Å². The molecule has 0 aliphatic heterocycles. The summed E-state index contributed by atoms with van der Waals surface area (Å²) in [6.07, 6.45) is 0. The number of hydrogen-bond donors (Lipinski definition) is 4. The van der Waals surface area contributed by atoms with E-state index in [1.54, 1.807) is 20.8 Å². The van der Waals surface area contributed by atoms with Gasteiger partial charge in [-0.25, -0.2) is 4.79 Å². The molecule has 4 amide bonds. The van der Waals surface area contributed by atoms with Crippen LogP contribution in [0.5, 0.6) is 0 Å². The summed E-state index contributed by atoms with van der Waals surface area (Å²) in [5, 5.41) is 13.5. The first kappa shape index (κ1) is 17.7. The number of carbonyl (C=O) groups is 4. The third kappa shape index (κ3) is 8.72. The van der Waals surface area contributed by atoms with Crippen LogP contribution < -0.4 is 16.4 Å². The van der Waals surface area contributed by atoms with E-state index in [-0.39, 0.29) is 6.54 Å². The largest absolute Gasteiger partial charge is 0.480 e. The number of rotatable bonds is 6. The van der Waals surface area contributed by atoms with Crippen LogP contribution in [0.3, 0.4) is 0 Å². The molecule has 0 atom stereocenters. The zero-order chi connectivity index (χ0) is 15.9. The molecule has 5 N–H and O–H groups in total. The number of urea groups is 1. The lowest BCUT2D eigenvalue weighted by Crippen LogP contribution is -2.50. The number of carbonyl (C=O) groups excluding carboxylic acids is 3. The molecule has 0 radical (unpaired) electrons. The van der Waals surface area contributed by atoms with Crippen molar-refractivity contribution >= 4 is 23.8 Å². The second-order valence-electron chi connectivity index (χ2n) is 5.17. The Morgan fingerprint density at radius 1 is 1.15 bits per heavy atom. The van der Waals surface area contributed by atoms with Crippen LogP contribution in [0.4, 0.5) is 4.79 Å². The summed E-state index contributed by atoms with van der Waals surface area (Å²) in [6, 6.07) is -0.852. The third-order valence-corrected chi connectivity index (χ3v) is 1.87. The Morgan fingerprint density at radius 2 is 1.70 bits per heavy atom. The van der Waals surface area contributed by atoms with E-state index in [9.17, 15) is 19.2 Å². The van der Waals surface area contributed by atoms with E-state index in [4.69, 9.17) is 10.8 Å². The molecular weight excluding hydrogens is 268 g/mol. The third-order valence-electron chi connectivity index (χ3n) is 1.87. The molecule has 20 heavy (non-hydrogen) atoms. The number of aliphatic carboxylic acids is 1. The van der Waals surface area contributed by atoms with Gasteiger partial charge in [0, 0.05) is 5.54 Å². The molecule has 0 unspecified atom stereocenters. The molecule has 9 heteroatoms. The van der Waals surface area contributed by atoms with E-state index in [0.717, 1.165) is 0 Å². The van der Waals surface area contributed by atoms with Gasteiger partial charge in [0.05, 0.1) is 6.54 Å². The van der Waals surface area contributed by atoms with Gasteiger partial charge in [-0.2, -0.15) is 0 Å². The fraction of sp³-hybridized carbons (Fsp3) is 0.636. The van der Waals surface area contributed by atoms with Crippen LogP contribution in [0.1, 0.15) is 20.8 Å². The minimum atomic E-state index is -1.29. The number of nitrogens with one attached hydrogen (secondary N) is 2. The van der Waals surface area contributed by atoms with Crippen LogP contribution >= 0.6 is 0 Å². The molecule has 0 aromatic rings. The Balaban J connectivity index is 4.42. The zero-order valence-corrected chi connectivity index (χ0v) is 11.7. The summed E-state index contributed by atoms with van der Waals surface area (Å²) in [4.78, 5) is 45.1. The van der Waals surface area contributed by atoms with Gasteiger partial charge in [-0.05, 0) is 20.8 Å². The number of amides is 4. The highest BCUT2D eigenvalue weighted by Crippen LogP contribution is 1.97. The number of carboxylic acid groups (broad SMARTS) is 1. The van der Waals surface area contributed by atoms with Crippen molar-refractivity contribution in [2.24, 2.45) is 5.73 Å². The van der Waals surface area contributed by atoms with E-state index >= 15 is 0 Å².